The summed E-state index contributed by atoms with van der Waals surface area (Å²) in [7, 11) is -1.43. The smallest absolute Gasteiger partial charge is 0.417 e. The first kappa shape index (κ1) is 18.4. The maximum Gasteiger partial charge on any atom is 0.417 e. The second-order valence-electron chi connectivity index (χ2n) is 5.91. The Hall–Kier alpha value is -2.36. The highest BCUT2D eigenvalue weighted by atomic mass is 32.2. The number of hydrogen-bond donors (Lipinski definition) is 0. The van der Waals surface area contributed by atoms with Crippen molar-refractivity contribution in [2.75, 3.05) is 12.9 Å². The first-order valence-corrected chi connectivity index (χ1v) is 9.29. The molecule has 0 bridgehead atoms. The number of benzene rings is 1. The number of rotatable bonds is 2. The average molecular weight is 388 g/mol. The summed E-state index contributed by atoms with van der Waals surface area (Å²) in [5, 5.41) is 3.87. The highest BCUT2D eigenvalue weighted by molar-refractivity contribution is 7.91. The minimum absolute atomic E-state index is 0.0411. The van der Waals surface area contributed by atoms with Gasteiger partial charge in [-0.05, 0) is 30.0 Å². The molecule has 1 aliphatic rings. The van der Waals surface area contributed by atoms with Gasteiger partial charge in [0.05, 0.1) is 35.1 Å². The molecule has 2 heterocycles. The van der Waals surface area contributed by atoms with E-state index in [1.54, 1.807) is 0 Å². The fourth-order valence-corrected chi connectivity index (χ4v) is 4.99. The van der Waals surface area contributed by atoms with Crippen molar-refractivity contribution in [3.05, 3.63) is 39.8 Å². The molecule has 26 heavy (non-hydrogen) atoms. The van der Waals surface area contributed by atoms with Crippen molar-refractivity contribution in [2.45, 2.75) is 23.9 Å². The molecule has 10 heteroatoms. The third-order valence-corrected chi connectivity index (χ3v) is 6.22. The molecule has 0 aliphatic carbocycles. The molecule has 0 radical (unpaired) electrons. The summed E-state index contributed by atoms with van der Waals surface area (Å²) in [5.74, 6) is -0.453. The number of alkyl halides is 3. The van der Waals surface area contributed by atoms with E-state index in [0.29, 0.717) is 0 Å². The Bertz CT molecular complexity index is 1040. The van der Waals surface area contributed by atoms with E-state index in [1.807, 2.05) is 0 Å². The minimum Gasteiger partial charge on any atom is -0.491 e. The number of aryl methyl sites for hydroxylation is 1. The fraction of sp³-hybridized carbons (Fsp3) is 0.375. The molecular formula is C16H15F3N2O4S. The topological polar surface area (TPSA) is 78.3 Å². The number of ether oxygens (including phenoxy) is 1. The van der Waals surface area contributed by atoms with Gasteiger partial charge in [-0.15, -0.1) is 0 Å². The fourth-order valence-electron chi connectivity index (χ4n) is 3.15. The van der Waals surface area contributed by atoms with Crippen molar-refractivity contribution < 1.29 is 26.3 Å². The van der Waals surface area contributed by atoms with E-state index in [2.05, 4.69) is 5.10 Å². The summed E-state index contributed by atoms with van der Waals surface area (Å²) in [5.41, 5.74) is -1.35. The molecule has 1 aromatic heterocycles. The second-order valence-corrected chi connectivity index (χ2v) is 7.95. The van der Waals surface area contributed by atoms with Gasteiger partial charge in [-0.2, -0.15) is 18.3 Å². The SMILES string of the molecule is COc1c(-c2ccc(C(F)(F)F)c3c2CCCS3(=O)=O)cnn(C)c1=O. The zero-order valence-electron chi connectivity index (χ0n) is 13.9. The molecule has 1 aliphatic heterocycles. The molecule has 0 atom stereocenters. The molecule has 1 aromatic carbocycles. The van der Waals surface area contributed by atoms with Crippen molar-refractivity contribution in [1.29, 1.82) is 0 Å². The monoisotopic (exact) mass is 388 g/mol. The average Bonchev–Trinajstić information content (AvgIpc) is 2.55. The van der Waals surface area contributed by atoms with Gasteiger partial charge in [-0.3, -0.25) is 4.79 Å². The number of sulfone groups is 1. The van der Waals surface area contributed by atoms with Crippen LogP contribution in [0.25, 0.3) is 11.1 Å². The van der Waals surface area contributed by atoms with Crippen LogP contribution in [0.1, 0.15) is 17.5 Å². The molecular weight excluding hydrogens is 373 g/mol. The molecule has 2 aromatic rings. The number of nitrogens with zero attached hydrogens (tertiary/aromatic N) is 2. The Balaban J connectivity index is 2.41. The lowest BCUT2D eigenvalue weighted by Crippen LogP contribution is -2.24. The van der Waals surface area contributed by atoms with Crippen LogP contribution in [0.15, 0.2) is 28.0 Å². The maximum absolute atomic E-state index is 13.4. The summed E-state index contributed by atoms with van der Waals surface area (Å²) in [4.78, 5) is 11.5. The van der Waals surface area contributed by atoms with E-state index in [0.717, 1.165) is 10.7 Å². The van der Waals surface area contributed by atoms with Crippen molar-refractivity contribution in [1.82, 2.24) is 9.78 Å². The van der Waals surface area contributed by atoms with Crippen LogP contribution in [0.3, 0.4) is 0 Å². The molecule has 0 spiro atoms. The maximum atomic E-state index is 13.4. The van der Waals surface area contributed by atoms with E-state index in [9.17, 15) is 26.4 Å². The molecule has 0 fully saturated rings. The Kier molecular flexibility index (Phi) is 4.33. The Morgan fingerprint density at radius 1 is 1.23 bits per heavy atom. The van der Waals surface area contributed by atoms with Gasteiger partial charge in [-0.1, -0.05) is 6.07 Å². The Labute approximate surface area is 147 Å². The van der Waals surface area contributed by atoms with E-state index in [1.165, 1.54) is 26.4 Å². The molecule has 0 N–H and O–H groups in total. The third-order valence-electron chi connectivity index (χ3n) is 4.30. The third kappa shape index (κ3) is 2.87. The van der Waals surface area contributed by atoms with Crippen LogP contribution < -0.4 is 10.3 Å². The van der Waals surface area contributed by atoms with Crippen LogP contribution in [0.2, 0.25) is 0 Å². The van der Waals surface area contributed by atoms with E-state index >= 15 is 0 Å². The van der Waals surface area contributed by atoms with Gasteiger partial charge in [0.15, 0.2) is 15.6 Å². The highest BCUT2D eigenvalue weighted by Gasteiger charge is 2.41. The normalized spacial score (nSPS) is 16.2. The number of halogens is 3. The summed E-state index contributed by atoms with van der Waals surface area (Å²) < 4.78 is 71.0. The molecule has 140 valence electrons. The lowest BCUT2D eigenvalue weighted by atomic mass is 9.94. The van der Waals surface area contributed by atoms with Crippen LogP contribution in [-0.4, -0.2) is 31.1 Å². The molecule has 3 rings (SSSR count). The van der Waals surface area contributed by atoms with Crippen LogP contribution in [0, 0.1) is 0 Å². The molecule has 6 nitrogen and oxygen atoms in total. The molecule has 0 amide bonds. The second kappa shape index (κ2) is 6.11. The number of fused-ring (bicyclic) bond motifs is 1. The molecule has 0 saturated heterocycles. The van der Waals surface area contributed by atoms with Gasteiger partial charge in [-0.25, -0.2) is 13.1 Å². The van der Waals surface area contributed by atoms with Gasteiger partial charge in [0.2, 0.25) is 0 Å². The zero-order valence-corrected chi connectivity index (χ0v) is 14.7. The van der Waals surface area contributed by atoms with Crippen LogP contribution in [0.5, 0.6) is 5.75 Å². The van der Waals surface area contributed by atoms with Crippen LogP contribution in [-0.2, 0) is 29.5 Å². The summed E-state index contributed by atoms with van der Waals surface area (Å²) >= 11 is 0. The van der Waals surface area contributed by atoms with E-state index in [4.69, 9.17) is 4.74 Å². The quantitative estimate of drug-likeness (QED) is 0.788. The van der Waals surface area contributed by atoms with Crippen molar-refractivity contribution in [2.24, 2.45) is 7.05 Å². The number of aromatic nitrogens is 2. The highest BCUT2D eigenvalue weighted by Crippen LogP contribution is 2.43. The van der Waals surface area contributed by atoms with Gasteiger partial charge in [0.25, 0.3) is 0 Å². The predicted molar refractivity (Wildman–Crippen MR) is 86.8 cm³/mol. The number of methoxy groups -OCH3 is 1. The largest absolute Gasteiger partial charge is 0.491 e. The van der Waals surface area contributed by atoms with E-state index in [-0.39, 0.29) is 41.0 Å². The van der Waals surface area contributed by atoms with Gasteiger partial charge in [0.1, 0.15) is 0 Å². The van der Waals surface area contributed by atoms with Crippen molar-refractivity contribution in [3.8, 4) is 16.9 Å². The lowest BCUT2D eigenvalue weighted by molar-refractivity contribution is -0.140. The summed E-state index contributed by atoms with van der Waals surface area (Å²) in [6.45, 7) is 0. The lowest BCUT2D eigenvalue weighted by Gasteiger charge is -2.24. The van der Waals surface area contributed by atoms with Crippen molar-refractivity contribution in [3.63, 3.8) is 0 Å². The van der Waals surface area contributed by atoms with Crippen LogP contribution in [0.4, 0.5) is 13.2 Å². The molecule has 0 saturated carbocycles. The van der Waals surface area contributed by atoms with Gasteiger partial charge < -0.3 is 4.74 Å². The predicted octanol–water partition coefficient (Wildman–Crippen LogP) is 2.19. The minimum atomic E-state index is -4.80. The van der Waals surface area contributed by atoms with E-state index < -0.39 is 32.0 Å². The van der Waals surface area contributed by atoms with Gasteiger partial charge >= 0.3 is 11.7 Å². The van der Waals surface area contributed by atoms with Gasteiger partial charge in [0, 0.05) is 7.05 Å². The summed E-state index contributed by atoms with van der Waals surface area (Å²) in [6, 6.07) is 1.90. The Morgan fingerprint density at radius 2 is 1.92 bits per heavy atom. The summed E-state index contributed by atoms with van der Waals surface area (Å²) in [6.07, 6.45) is -3.18. The first-order valence-electron chi connectivity index (χ1n) is 7.64. The van der Waals surface area contributed by atoms with Crippen molar-refractivity contribution >= 4 is 9.84 Å². The number of hydrogen-bond acceptors (Lipinski definition) is 5. The first-order chi connectivity index (χ1) is 12.1. The standard InChI is InChI=1S/C16H15F3N2O4S/c1-21-15(22)13(25-2)11(8-20-21)9-5-6-12(16(17,18)19)14-10(9)4-3-7-26(14,23)24/h5-6,8H,3-4,7H2,1-2H3. The van der Waals surface area contributed by atoms with Crippen LogP contribution >= 0.6 is 0 Å². The molecule has 0 unspecified atom stereocenters. The zero-order chi connectivity index (χ0) is 19.3. The Morgan fingerprint density at radius 3 is 2.54 bits per heavy atom.